The molecule has 0 bridgehead atoms. The van der Waals surface area contributed by atoms with E-state index in [-0.39, 0.29) is 16.7 Å². The van der Waals surface area contributed by atoms with Gasteiger partial charge in [0.2, 0.25) is 5.89 Å². The molecule has 0 saturated heterocycles. The zero-order chi connectivity index (χ0) is 16.8. The number of carbonyl (C=O) groups excluding carboxylic acids is 1. The van der Waals surface area contributed by atoms with Crippen molar-refractivity contribution in [2.24, 2.45) is 0 Å². The molecule has 0 spiro atoms. The van der Waals surface area contributed by atoms with Crippen molar-refractivity contribution in [3.05, 3.63) is 11.7 Å². The van der Waals surface area contributed by atoms with Gasteiger partial charge in [0, 0.05) is 46.7 Å². The lowest BCUT2D eigenvalue weighted by molar-refractivity contribution is 0.241. The van der Waals surface area contributed by atoms with Gasteiger partial charge in [-0.05, 0) is 20.8 Å². The molecule has 7 nitrogen and oxygen atoms in total. The molecule has 1 rings (SSSR count). The fraction of sp³-hybridized carbons (Fsp3) is 0.786. The second kappa shape index (κ2) is 8.26. The minimum absolute atomic E-state index is 0.220. The van der Waals surface area contributed by atoms with Crippen molar-refractivity contribution in [3.63, 3.8) is 0 Å². The molecule has 2 amide bonds. The standard InChI is InChI=1S/C14H26N4O3S/c1-10(2)12-17-11(21-18-12)6-7-15-13(19)16-8-9-22(20)14(3,4)5/h10H,6-9H2,1-5H3,(H2,15,16,19). The summed E-state index contributed by atoms with van der Waals surface area (Å²) < 4.78 is 16.6. The Bertz CT molecular complexity index is 508. The molecule has 1 aromatic heterocycles. The lowest BCUT2D eigenvalue weighted by Crippen LogP contribution is -2.39. The summed E-state index contributed by atoms with van der Waals surface area (Å²) in [5, 5.41) is 9.25. The van der Waals surface area contributed by atoms with Gasteiger partial charge in [-0.15, -0.1) is 0 Å². The smallest absolute Gasteiger partial charge is 0.314 e. The molecule has 1 atom stereocenters. The molecule has 0 aromatic carbocycles. The van der Waals surface area contributed by atoms with E-state index in [1.807, 2.05) is 34.6 Å². The molecule has 1 heterocycles. The van der Waals surface area contributed by atoms with E-state index in [0.717, 1.165) is 0 Å². The van der Waals surface area contributed by atoms with Gasteiger partial charge in [0.1, 0.15) is 0 Å². The number of carbonyl (C=O) groups is 1. The van der Waals surface area contributed by atoms with Crippen LogP contribution in [0.1, 0.15) is 52.3 Å². The van der Waals surface area contributed by atoms with Crippen LogP contribution >= 0.6 is 0 Å². The van der Waals surface area contributed by atoms with E-state index < -0.39 is 10.8 Å². The van der Waals surface area contributed by atoms with Crippen molar-refractivity contribution in [3.8, 4) is 0 Å². The fourth-order valence-electron chi connectivity index (χ4n) is 1.51. The number of aromatic nitrogens is 2. The third kappa shape index (κ3) is 6.55. The van der Waals surface area contributed by atoms with E-state index in [1.165, 1.54) is 0 Å². The quantitative estimate of drug-likeness (QED) is 0.791. The lowest BCUT2D eigenvalue weighted by Gasteiger charge is -2.17. The summed E-state index contributed by atoms with van der Waals surface area (Å²) >= 11 is 0. The third-order valence-electron chi connectivity index (χ3n) is 2.88. The van der Waals surface area contributed by atoms with Gasteiger partial charge in [-0.3, -0.25) is 4.21 Å². The van der Waals surface area contributed by atoms with Crippen LogP contribution in [0.15, 0.2) is 4.52 Å². The molecule has 8 heteroatoms. The molecular formula is C14H26N4O3S. The Hall–Kier alpha value is -1.44. The topological polar surface area (TPSA) is 97.1 Å². The maximum atomic E-state index is 11.8. The van der Waals surface area contributed by atoms with Gasteiger partial charge in [0.25, 0.3) is 0 Å². The average Bonchev–Trinajstić information content (AvgIpc) is 2.86. The molecule has 0 radical (unpaired) electrons. The first-order chi connectivity index (χ1) is 10.2. The van der Waals surface area contributed by atoms with E-state index in [1.54, 1.807) is 0 Å². The number of nitrogens with zero attached hydrogens (tertiary/aromatic N) is 2. The van der Waals surface area contributed by atoms with Crippen LogP contribution in [0.5, 0.6) is 0 Å². The first-order valence-electron chi connectivity index (χ1n) is 7.43. The van der Waals surface area contributed by atoms with Crippen LogP contribution in [0.4, 0.5) is 4.79 Å². The van der Waals surface area contributed by atoms with Crippen molar-refractivity contribution in [1.82, 2.24) is 20.8 Å². The second-order valence-electron chi connectivity index (χ2n) is 6.30. The maximum absolute atomic E-state index is 11.8. The Labute approximate surface area is 134 Å². The zero-order valence-electron chi connectivity index (χ0n) is 13.9. The van der Waals surface area contributed by atoms with E-state index in [4.69, 9.17) is 4.52 Å². The van der Waals surface area contributed by atoms with Crippen molar-refractivity contribution in [1.29, 1.82) is 0 Å². The van der Waals surface area contributed by atoms with Crippen LogP contribution in [0.3, 0.4) is 0 Å². The minimum Gasteiger partial charge on any atom is -0.339 e. The van der Waals surface area contributed by atoms with Crippen molar-refractivity contribution in [2.45, 2.75) is 51.7 Å². The Kier molecular flexibility index (Phi) is 6.99. The molecule has 0 aliphatic heterocycles. The van der Waals surface area contributed by atoms with Crippen molar-refractivity contribution >= 4 is 16.8 Å². The Morgan fingerprint density at radius 2 is 1.91 bits per heavy atom. The van der Waals surface area contributed by atoms with Gasteiger partial charge >= 0.3 is 6.03 Å². The van der Waals surface area contributed by atoms with Crippen molar-refractivity contribution < 1.29 is 13.5 Å². The van der Waals surface area contributed by atoms with Crippen LogP contribution in [-0.2, 0) is 17.2 Å². The molecule has 22 heavy (non-hydrogen) atoms. The number of nitrogens with one attached hydrogen (secondary N) is 2. The third-order valence-corrected chi connectivity index (χ3v) is 4.82. The molecule has 0 aliphatic carbocycles. The molecule has 2 N–H and O–H groups in total. The Morgan fingerprint density at radius 3 is 2.45 bits per heavy atom. The van der Waals surface area contributed by atoms with Crippen molar-refractivity contribution in [2.75, 3.05) is 18.8 Å². The van der Waals surface area contributed by atoms with Crippen LogP contribution < -0.4 is 10.6 Å². The Morgan fingerprint density at radius 1 is 1.27 bits per heavy atom. The predicted molar refractivity (Wildman–Crippen MR) is 86.3 cm³/mol. The normalized spacial score (nSPS) is 13.2. The van der Waals surface area contributed by atoms with E-state index in [9.17, 15) is 9.00 Å². The van der Waals surface area contributed by atoms with Crippen LogP contribution in [0, 0.1) is 0 Å². The molecule has 0 aliphatic rings. The van der Waals surface area contributed by atoms with Gasteiger partial charge in [-0.25, -0.2) is 4.79 Å². The first kappa shape index (κ1) is 18.6. The van der Waals surface area contributed by atoms with Gasteiger partial charge in [-0.2, -0.15) is 4.98 Å². The number of rotatable bonds is 7. The highest BCUT2D eigenvalue weighted by molar-refractivity contribution is 7.86. The summed E-state index contributed by atoms with van der Waals surface area (Å²) in [5.74, 6) is 1.85. The van der Waals surface area contributed by atoms with Crippen LogP contribution in [0.25, 0.3) is 0 Å². The van der Waals surface area contributed by atoms with E-state index in [0.29, 0.717) is 37.0 Å². The highest BCUT2D eigenvalue weighted by atomic mass is 32.2. The second-order valence-corrected chi connectivity index (χ2v) is 8.62. The number of urea groups is 1. The molecule has 1 unspecified atom stereocenters. The molecular weight excluding hydrogens is 304 g/mol. The molecule has 0 saturated carbocycles. The fourth-order valence-corrected chi connectivity index (χ4v) is 2.41. The predicted octanol–water partition coefficient (Wildman–Crippen LogP) is 1.58. The van der Waals surface area contributed by atoms with E-state index >= 15 is 0 Å². The SMILES string of the molecule is CC(C)c1noc(CCNC(=O)NCCS(=O)C(C)(C)C)n1. The van der Waals surface area contributed by atoms with Gasteiger partial charge < -0.3 is 15.2 Å². The van der Waals surface area contributed by atoms with E-state index in [2.05, 4.69) is 20.8 Å². The zero-order valence-corrected chi connectivity index (χ0v) is 14.7. The summed E-state index contributed by atoms with van der Waals surface area (Å²) in [6, 6.07) is -0.283. The average molecular weight is 330 g/mol. The largest absolute Gasteiger partial charge is 0.339 e. The maximum Gasteiger partial charge on any atom is 0.314 e. The molecule has 1 aromatic rings. The highest BCUT2D eigenvalue weighted by Crippen LogP contribution is 2.10. The lowest BCUT2D eigenvalue weighted by atomic mass is 10.2. The van der Waals surface area contributed by atoms with Gasteiger partial charge in [0.05, 0.1) is 0 Å². The highest BCUT2D eigenvalue weighted by Gasteiger charge is 2.18. The minimum atomic E-state index is -0.967. The number of hydrogen-bond donors (Lipinski definition) is 2. The Balaban J connectivity index is 2.19. The molecule has 126 valence electrons. The monoisotopic (exact) mass is 330 g/mol. The first-order valence-corrected chi connectivity index (χ1v) is 8.74. The summed E-state index contributed by atoms with van der Waals surface area (Å²) in [4.78, 5) is 15.8. The summed E-state index contributed by atoms with van der Waals surface area (Å²) in [6.07, 6.45) is 0.487. The summed E-state index contributed by atoms with van der Waals surface area (Å²) in [5.41, 5.74) is 0. The molecule has 0 fully saturated rings. The number of amides is 2. The van der Waals surface area contributed by atoms with Gasteiger partial charge in [0.15, 0.2) is 5.82 Å². The van der Waals surface area contributed by atoms with Crippen LogP contribution in [-0.4, -0.2) is 44.0 Å². The van der Waals surface area contributed by atoms with Crippen LogP contribution in [0.2, 0.25) is 0 Å². The summed E-state index contributed by atoms with van der Waals surface area (Å²) in [7, 11) is -0.967. The summed E-state index contributed by atoms with van der Waals surface area (Å²) in [6.45, 7) is 10.5. The van der Waals surface area contributed by atoms with Gasteiger partial charge in [-0.1, -0.05) is 19.0 Å². The number of hydrogen-bond acceptors (Lipinski definition) is 5.